The Hall–Kier alpha value is -3.40. The van der Waals surface area contributed by atoms with Gasteiger partial charge in [-0.1, -0.05) is 71.6 Å². The molecule has 5 saturated carbocycles. The number of rotatable bonds is 10. The Morgan fingerprint density at radius 2 is 1.39 bits per heavy atom. The number of ketones is 1. The van der Waals surface area contributed by atoms with Gasteiger partial charge in [0.05, 0.1) is 36.0 Å². The predicted octanol–water partition coefficient (Wildman–Crippen LogP) is 4.48. The Morgan fingerprint density at radius 3 is 1.94 bits per heavy atom. The maximum atomic E-state index is 15.5. The molecule has 1 saturated heterocycles. The molecule has 1 aliphatic heterocycles. The molecular weight excluding hydrogens is 803 g/mol. The molecule has 2 bridgehead atoms. The largest absolute Gasteiger partial charge is 0.459 e. The second-order valence-electron chi connectivity index (χ2n) is 20.4. The first-order chi connectivity index (χ1) is 29.3. The number of carbonyl (C=O) groups is 6. The molecule has 0 radical (unpaired) electrons. The lowest BCUT2D eigenvalue weighted by atomic mass is 9.44. The zero-order valence-electron chi connectivity index (χ0n) is 37.4. The van der Waals surface area contributed by atoms with Crippen LogP contribution in [-0.4, -0.2) is 111 Å². The summed E-state index contributed by atoms with van der Waals surface area (Å²) < 4.78 is 30.8. The first-order valence-corrected chi connectivity index (χ1v) is 23.3. The number of nitrogens with one attached hydrogen (secondary N) is 1. The van der Waals surface area contributed by atoms with Crippen molar-refractivity contribution in [2.45, 2.75) is 205 Å². The van der Waals surface area contributed by atoms with Crippen LogP contribution in [0.4, 0.5) is 0 Å². The van der Waals surface area contributed by atoms with E-state index < -0.39 is 113 Å². The fourth-order valence-corrected chi connectivity index (χ4v) is 12.8. The second kappa shape index (κ2) is 17.9. The molecule has 11 atom stereocenters. The minimum Gasteiger partial charge on any atom is -0.459 e. The average Bonchev–Trinajstić information content (AvgIpc) is 3.24. The van der Waals surface area contributed by atoms with Crippen LogP contribution in [0, 0.1) is 34.5 Å². The Labute approximate surface area is 364 Å². The van der Waals surface area contributed by atoms with Gasteiger partial charge in [0, 0.05) is 38.0 Å². The van der Waals surface area contributed by atoms with Gasteiger partial charge in [-0.25, -0.2) is 4.79 Å². The summed E-state index contributed by atoms with van der Waals surface area (Å²) in [6.07, 6.45) is 2.45. The maximum Gasteiger partial charge on any atom is 0.337 e. The molecule has 0 spiro atoms. The standard InChI is InChI=1S/C47H69NO14/c1-25-31(60-43(56)36(52)35(28-16-10-7-11-17-28)48-41(54)29-18-12-8-13-19-29)23-47(57)40(61-42(55)30-20-14-9-15-21-30)38-45(6,32(51)22-33-46(38,24-58-33)62-27(3)50)39(53)37(59-26(2)49)34(25)44(47,4)5/h28-33,35-38,40,51-52,57H,7-24H2,1-6H3,(H,48,54)/t31-,32-,33+,35-,36+,37+,38?,40-,45+,46-,47+/m0/s1. The number of Topliss-reactive ketones (excluding diaryl/α,β-unsaturated/α-hetero) is 1. The Bertz CT molecular complexity index is 1790. The summed E-state index contributed by atoms with van der Waals surface area (Å²) in [6, 6.07) is -0.943. The lowest BCUT2D eigenvalue weighted by molar-refractivity contribution is -0.347. The van der Waals surface area contributed by atoms with Crippen LogP contribution in [-0.2, 0) is 52.5 Å². The van der Waals surface area contributed by atoms with Gasteiger partial charge in [-0.3, -0.25) is 24.0 Å². The number of aliphatic hydroxyl groups is 3. The third-order valence-corrected chi connectivity index (χ3v) is 16.4. The zero-order chi connectivity index (χ0) is 44.9. The van der Waals surface area contributed by atoms with Crippen LogP contribution in [0.25, 0.3) is 0 Å². The van der Waals surface area contributed by atoms with Gasteiger partial charge < -0.3 is 44.3 Å². The number of carbonyl (C=O) groups excluding carboxylic acids is 6. The van der Waals surface area contributed by atoms with Crippen LogP contribution in [0.3, 0.4) is 0 Å². The van der Waals surface area contributed by atoms with Crippen molar-refractivity contribution in [1.29, 1.82) is 0 Å². The number of amides is 1. The van der Waals surface area contributed by atoms with E-state index in [-0.39, 0.29) is 41.9 Å². The van der Waals surface area contributed by atoms with E-state index in [9.17, 15) is 39.3 Å². The number of aliphatic hydroxyl groups excluding tert-OH is 2. The molecule has 62 heavy (non-hydrogen) atoms. The van der Waals surface area contributed by atoms with Gasteiger partial charge in [0.25, 0.3) is 0 Å². The van der Waals surface area contributed by atoms with Gasteiger partial charge in [0.2, 0.25) is 5.91 Å². The molecule has 0 aromatic carbocycles. The van der Waals surface area contributed by atoms with E-state index in [2.05, 4.69) is 5.32 Å². The molecule has 0 aromatic rings. The van der Waals surface area contributed by atoms with Crippen LogP contribution >= 0.6 is 0 Å². The molecule has 1 unspecified atom stereocenters. The summed E-state index contributed by atoms with van der Waals surface area (Å²) >= 11 is 0. The van der Waals surface area contributed by atoms with Crippen molar-refractivity contribution in [3.63, 3.8) is 0 Å². The first-order valence-electron chi connectivity index (χ1n) is 23.3. The normalized spacial score (nSPS) is 37.5. The number of hydrogen-bond donors (Lipinski definition) is 4. The summed E-state index contributed by atoms with van der Waals surface area (Å²) in [5.74, 6) is -6.63. The molecule has 7 rings (SSSR count). The monoisotopic (exact) mass is 871 g/mol. The van der Waals surface area contributed by atoms with Crippen molar-refractivity contribution < 1.29 is 67.8 Å². The summed E-state index contributed by atoms with van der Waals surface area (Å²) in [6.45, 7) is 8.43. The summed E-state index contributed by atoms with van der Waals surface area (Å²) in [5, 5.41) is 40.9. The number of ether oxygens (including phenoxy) is 5. The molecule has 0 aromatic heterocycles. The van der Waals surface area contributed by atoms with Gasteiger partial charge in [0.1, 0.15) is 23.9 Å². The van der Waals surface area contributed by atoms with E-state index in [0.717, 1.165) is 77.6 Å². The van der Waals surface area contributed by atoms with E-state index >= 15 is 4.79 Å². The highest BCUT2D eigenvalue weighted by molar-refractivity contribution is 5.95. The number of fused-ring (bicyclic) bond motifs is 5. The van der Waals surface area contributed by atoms with Gasteiger partial charge >= 0.3 is 23.9 Å². The third kappa shape index (κ3) is 8.03. The van der Waals surface area contributed by atoms with Crippen LogP contribution in [0.15, 0.2) is 11.1 Å². The highest BCUT2D eigenvalue weighted by Crippen LogP contribution is 2.64. The molecule has 7 aliphatic rings. The molecule has 346 valence electrons. The minimum atomic E-state index is -2.27. The SMILES string of the molecule is CC(=O)O[C@H]1C(=O)[C@@]2(C)C([C@H](OC(=O)C3CCCCC3)[C@]3(O)C[C@H](OC(=O)[C@H](O)[C@@H](NC(=O)C4CCCCC4)C4CCCCC4)C(C)=C1C3(C)C)[C@]1(OC(C)=O)CO[C@@H]1C[C@@H]2O. The second-order valence-corrected chi connectivity index (χ2v) is 20.4. The number of esters is 4. The number of hydrogen-bond acceptors (Lipinski definition) is 14. The van der Waals surface area contributed by atoms with E-state index in [1.807, 2.05) is 0 Å². The quantitative estimate of drug-likeness (QED) is 0.135. The van der Waals surface area contributed by atoms with Crippen molar-refractivity contribution in [3.05, 3.63) is 11.1 Å². The van der Waals surface area contributed by atoms with E-state index in [4.69, 9.17) is 23.7 Å². The summed E-state index contributed by atoms with van der Waals surface area (Å²) in [4.78, 5) is 84.2. The third-order valence-electron chi connectivity index (χ3n) is 16.4. The Kier molecular flexibility index (Phi) is 13.4. The van der Waals surface area contributed by atoms with Crippen molar-refractivity contribution in [1.82, 2.24) is 5.32 Å². The molecule has 6 fully saturated rings. The predicted molar refractivity (Wildman–Crippen MR) is 220 cm³/mol. The fourth-order valence-electron chi connectivity index (χ4n) is 12.8. The fraction of sp³-hybridized carbons (Fsp3) is 0.830. The topological polar surface area (TPSA) is 221 Å². The molecule has 1 heterocycles. The van der Waals surface area contributed by atoms with Gasteiger partial charge in [-0.2, -0.15) is 0 Å². The molecule has 1 amide bonds. The minimum absolute atomic E-state index is 0.0901. The van der Waals surface area contributed by atoms with Gasteiger partial charge in [-0.05, 0) is 69.4 Å². The lowest BCUT2D eigenvalue weighted by Crippen LogP contribution is -2.82. The van der Waals surface area contributed by atoms with E-state index in [1.165, 1.54) is 13.8 Å². The van der Waals surface area contributed by atoms with Crippen molar-refractivity contribution in [2.24, 2.45) is 34.5 Å². The summed E-state index contributed by atoms with van der Waals surface area (Å²) in [7, 11) is 0. The smallest absolute Gasteiger partial charge is 0.337 e. The van der Waals surface area contributed by atoms with Crippen molar-refractivity contribution >= 4 is 35.6 Å². The molecule has 15 nitrogen and oxygen atoms in total. The zero-order valence-corrected chi connectivity index (χ0v) is 37.4. The Morgan fingerprint density at radius 1 is 0.806 bits per heavy atom. The highest BCUT2D eigenvalue weighted by atomic mass is 16.6. The molecule has 6 aliphatic carbocycles. The van der Waals surface area contributed by atoms with Crippen LogP contribution in [0.1, 0.15) is 151 Å². The van der Waals surface area contributed by atoms with Gasteiger partial charge in [0.15, 0.2) is 23.6 Å². The molecule has 4 N–H and O–H groups in total. The Balaban J connectivity index is 1.34. The van der Waals surface area contributed by atoms with Crippen molar-refractivity contribution in [3.8, 4) is 0 Å². The average molecular weight is 872 g/mol. The van der Waals surface area contributed by atoms with E-state index in [1.54, 1.807) is 20.8 Å². The maximum absolute atomic E-state index is 15.5. The van der Waals surface area contributed by atoms with E-state index in [0.29, 0.717) is 25.7 Å². The van der Waals surface area contributed by atoms with Crippen LogP contribution in [0.2, 0.25) is 0 Å². The van der Waals surface area contributed by atoms with Crippen LogP contribution in [0.5, 0.6) is 0 Å². The summed E-state index contributed by atoms with van der Waals surface area (Å²) in [5.41, 5.74) is -7.13. The lowest BCUT2D eigenvalue weighted by Gasteiger charge is -2.67. The van der Waals surface area contributed by atoms with Gasteiger partial charge in [-0.15, -0.1) is 0 Å². The van der Waals surface area contributed by atoms with Crippen molar-refractivity contribution in [2.75, 3.05) is 6.61 Å². The molecule has 15 heteroatoms. The molecular formula is C47H69NO14. The highest BCUT2D eigenvalue weighted by Gasteiger charge is 2.78. The van der Waals surface area contributed by atoms with Crippen LogP contribution < -0.4 is 5.32 Å². The first kappa shape index (κ1) is 46.6.